The van der Waals surface area contributed by atoms with Gasteiger partial charge in [-0.25, -0.2) is 0 Å². The Morgan fingerprint density at radius 2 is 1.50 bits per heavy atom. The lowest BCUT2D eigenvalue weighted by molar-refractivity contribution is 0.0796. The third-order valence-corrected chi connectivity index (χ3v) is 5.30. The van der Waals surface area contributed by atoms with Gasteiger partial charge in [0, 0.05) is 19.2 Å². The molecule has 0 aromatic heterocycles. The van der Waals surface area contributed by atoms with Crippen molar-refractivity contribution in [2.45, 2.75) is 6.42 Å². The molecule has 0 aliphatic carbocycles. The molecule has 1 amide bonds. The van der Waals surface area contributed by atoms with E-state index >= 15 is 0 Å². The van der Waals surface area contributed by atoms with Gasteiger partial charge < -0.3 is 19.1 Å². The molecule has 0 saturated heterocycles. The summed E-state index contributed by atoms with van der Waals surface area (Å²) in [4.78, 5) is 14.4. The maximum atomic E-state index is 12.7. The highest BCUT2D eigenvalue weighted by molar-refractivity contribution is 5.94. The number of carbonyl (C=O) groups excluding carboxylic acids is 1. The average molecular weight is 432 g/mol. The molecule has 0 radical (unpaired) electrons. The van der Waals surface area contributed by atoms with Crippen molar-refractivity contribution in [2.75, 3.05) is 34.9 Å². The summed E-state index contributed by atoms with van der Waals surface area (Å²) in [6.45, 7) is 0.576. The number of methoxy groups -OCH3 is 3. The molecule has 32 heavy (non-hydrogen) atoms. The van der Waals surface area contributed by atoms with Crippen molar-refractivity contribution in [1.82, 2.24) is 4.90 Å². The van der Waals surface area contributed by atoms with Crippen LogP contribution in [0.2, 0.25) is 0 Å². The lowest BCUT2D eigenvalue weighted by Gasteiger charge is -2.19. The third-order valence-electron chi connectivity index (χ3n) is 5.30. The smallest absolute Gasteiger partial charge is 0.253 e. The van der Waals surface area contributed by atoms with E-state index in [9.17, 15) is 4.79 Å². The SMILES string of the molecule is COc1ccc(/C=C/c2cc(OC)c(OC)cc2CCN(C)C(=O)c2ccccc2)cc1. The number of carbonyl (C=O) groups is 1. The molecule has 0 aliphatic rings. The van der Waals surface area contributed by atoms with Crippen LogP contribution in [-0.4, -0.2) is 45.7 Å². The number of ether oxygens (including phenoxy) is 3. The maximum absolute atomic E-state index is 12.7. The zero-order valence-corrected chi connectivity index (χ0v) is 19.0. The minimum atomic E-state index is 0.00130. The van der Waals surface area contributed by atoms with E-state index in [1.165, 1.54) is 0 Å². The number of likely N-dealkylation sites (N-methyl/N-ethyl adjacent to an activating group) is 1. The summed E-state index contributed by atoms with van der Waals surface area (Å²) in [5, 5.41) is 0. The van der Waals surface area contributed by atoms with Gasteiger partial charge in [-0.15, -0.1) is 0 Å². The zero-order chi connectivity index (χ0) is 22.9. The molecular weight excluding hydrogens is 402 g/mol. The van der Waals surface area contributed by atoms with Gasteiger partial charge in [0.05, 0.1) is 21.3 Å². The van der Waals surface area contributed by atoms with Crippen LogP contribution >= 0.6 is 0 Å². The number of benzene rings is 3. The number of hydrogen-bond donors (Lipinski definition) is 0. The molecule has 0 fully saturated rings. The molecular formula is C27H29NO4. The van der Waals surface area contributed by atoms with Gasteiger partial charge in [0.1, 0.15) is 5.75 Å². The first kappa shape index (κ1) is 22.9. The van der Waals surface area contributed by atoms with E-state index in [-0.39, 0.29) is 5.91 Å². The van der Waals surface area contributed by atoms with Crippen LogP contribution in [0.5, 0.6) is 17.2 Å². The van der Waals surface area contributed by atoms with E-state index in [0.717, 1.165) is 22.4 Å². The Kier molecular flexibility index (Phi) is 7.92. The van der Waals surface area contributed by atoms with Crippen molar-refractivity contribution >= 4 is 18.1 Å². The molecule has 0 N–H and O–H groups in total. The van der Waals surface area contributed by atoms with Gasteiger partial charge in [0.2, 0.25) is 0 Å². The number of rotatable bonds is 9. The first-order chi connectivity index (χ1) is 15.5. The first-order valence-corrected chi connectivity index (χ1v) is 10.4. The van der Waals surface area contributed by atoms with Crippen LogP contribution in [0.4, 0.5) is 0 Å². The molecule has 0 unspecified atom stereocenters. The highest BCUT2D eigenvalue weighted by Crippen LogP contribution is 2.32. The topological polar surface area (TPSA) is 48.0 Å². The Morgan fingerprint density at radius 3 is 2.12 bits per heavy atom. The Balaban J connectivity index is 1.82. The molecule has 0 bridgehead atoms. The van der Waals surface area contributed by atoms with Gasteiger partial charge in [-0.2, -0.15) is 0 Å². The van der Waals surface area contributed by atoms with Crippen molar-refractivity contribution in [3.8, 4) is 17.2 Å². The lowest BCUT2D eigenvalue weighted by atomic mass is 10.0. The number of nitrogens with zero attached hydrogens (tertiary/aromatic N) is 1. The van der Waals surface area contributed by atoms with E-state index in [1.54, 1.807) is 26.2 Å². The van der Waals surface area contributed by atoms with Crippen LogP contribution in [0.3, 0.4) is 0 Å². The molecule has 5 nitrogen and oxygen atoms in total. The van der Waals surface area contributed by atoms with Crippen LogP contribution in [0, 0.1) is 0 Å². The molecule has 3 aromatic rings. The van der Waals surface area contributed by atoms with E-state index < -0.39 is 0 Å². The fraction of sp³-hybridized carbons (Fsp3) is 0.222. The van der Waals surface area contributed by atoms with Gasteiger partial charge in [-0.1, -0.05) is 42.5 Å². The van der Waals surface area contributed by atoms with Crippen molar-refractivity contribution < 1.29 is 19.0 Å². The molecule has 0 spiro atoms. The van der Waals surface area contributed by atoms with Crippen molar-refractivity contribution in [2.24, 2.45) is 0 Å². The second kappa shape index (κ2) is 11.0. The van der Waals surface area contributed by atoms with Crippen LogP contribution in [0.25, 0.3) is 12.2 Å². The molecule has 0 aliphatic heterocycles. The molecule has 166 valence electrons. The Bertz CT molecular complexity index is 1060. The Hall–Kier alpha value is -3.73. The standard InChI is InChI=1S/C27H29NO4/c1-28(27(29)21-8-6-5-7-9-21)17-16-23-19-26(32-4)25(31-3)18-22(23)13-10-20-11-14-24(30-2)15-12-20/h5-15,18-19H,16-17H2,1-4H3/b13-10+. The van der Waals surface area contributed by atoms with E-state index in [1.807, 2.05) is 79.9 Å². The second-order valence-electron chi connectivity index (χ2n) is 7.36. The predicted molar refractivity (Wildman–Crippen MR) is 129 cm³/mol. The Morgan fingerprint density at radius 1 is 0.844 bits per heavy atom. The van der Waals surface area contributed by atoms with Gasteiger partial charge in [-0.05, 0) is 59.5 Å². The van der Waals surface area contributed by atoms with Crippen LogP contribution in [-0.2, 0) is 6.42 Å². The minimum absolute atomic E-state index is 0.00130. The summed E-state index contributed by atoms with van der Waals surface area (Å²) in [5.74, 6) is 2.15. The summed E-state index contributed by atoms with van der Waals surface area (Å²) in [7, 11) is 6.73. The molecule has 0 heterocycles. The van der Waals surface area contributed by atoms with E-state index in [4.69, 9.17) is 14.2 Å². The molecule has 0 saturated carbocycles. The van der Waals surface area contributed by atoms with Gasteiger partial charge in [-0.3, -0.25) is 4.79 Å². The average Bonchev–Trinajstić information content (AvgIpc) is 2.86. The van der Waals surface area contributed by atoms with Crippen molar-refractivity contribution in [3.63, 3.8) is 0 Å². The lowest BCUT2D eigenvalue weighted by Crippen LogP contribution is -2.28. The molecule has 3 aromatic carbocycles. The third kappa shape index (κ3) is 5.70. The van der Waals surface area contributed by atoms with E-state index in [0.29, 0.717) is 30.0 Å². The summed E-state index contributed by atoms with van der Waals surface area (Å²) < 4.78 is 16.2. The van der Waals surface area contributed by atoms with Crippen LogP contribution < -0.4 is 14.2 Å². The quantitative estimate of drug-likeness (QED) is 0.437. The highest BCUT2D eigenvalue weighted by atomic mass is 16.5. The molecule has 3 rings (SSSR count). The largest absolute Gasteiger partial charge is 0.497 e. The highest BCUT2D eigenvalue weighted by Gasteiger charge is 2.14. The summed E-state index contributed by atoms with van der Waals surface area (Å²) in [6, 6.07) is 21.1. The molecule has 0 atom stereocenters. The fourth-order valence-electron chi connectivity index (χ4n) is 3.40. The fourth-order valence-corrected chi connectivity index (χ4v) is 3.40. The van der Waals surface area contributed by atoms with E-state index in [2.05, 4.69) is 6.08 Å². The maximum Gasteiger partial charge on any atom is 0.253 e. The van der Waals surface area contributed by atoms with Gasteiger partial charge in [0.15, 0.2) is 11.5 Å². The number of amides is 1. The normalized spacial score (nSPS) is 10.8. The zero-order valence-electron chi connectivity index (χ0n) is 19.0. The van der Waals surface area contributed by atoms with Gasteiger partial charge in [0.25, 0.3) is 5.91 Å². The van der Waals surface area contributed by atoms with Crippen molar-refractivity contribution in [1.29, 1.82) is 0 Å². The predicted octanol–water partition coefficient (Wildman–Crippen LogP) is 5.20. The number of hydrogen-bond acceptors (Lipinski definition) is 4. The summed E-state index contributed by atoms with van der Waals surface area (Å²) in [5.41, 5.74) is 3.82. The van der Waals surface area contributed by atoms with Crippen LogP contribution in [0.15, 0.2) is 66.7 Å². The van der Waals surface area contributed by atoms with Gasteiger partial charge >= 0.3 is 0 Å². The summed E-state index contributed by atoms with van der Waals surface area (Å²) in [6.07, 6.45) is 4.78. The van der Waals surface area contributed by atoms with Crippen molar-refractivity contribution in [3.05, 3.63) is 89.0 Å². The second-order valence-corrected chi connectivity index (χ2v) is 7.36. The summed E-state index contributed by atoms with van der Waals surface area (Å²) >= 11 is 0. The molecule has 5 heteroatoms. The van der Waals surface area contributed by atoms with Crippen LogP contribution in [0.1, 0.15) is 27.0 Å². The monoisotopic (exact) mass is 431 g/mol. The first-order valence-electron chi connectivity index (χ1n) is 10.4. The Labute approximate surface area is 189 Å². The minimum Gasteiger partial charge on any atom is -0.497 e.